The number of aromatic nitrogens is 4. The van der Waals surface area contributed by atoms with Crippen LogP contribution in [0, 0.1) is 0 Å². The quantitative estimate of drug-likeness (QED) is 0.457. The lowest BCUT2D eigenvalue weighted by Crippen LogP contribution is -2.41. The number of hydrogen-bond donors (Lipinski definition) is 0. The highest BCUT2D eigenvalue weighted by Crippen LogP contribution is 2.29. The van der Waals surface area contributed by atoms with Crippen LogP contribution in [0.3, 0.4) is 0 Å². The summed E-state index contributed by atoms with van der Waals surface area (Å²) in [5, 5.41) is 0.138. The molecule has 1 fully saturated rings. The Kier molecular flexibility index (Phi) is 7.25. The summed E-state index contributed by atoms with van der Waals surface area (Å²) in [6.45, 7) is 3.63. The molecular weight excluding hydrogens is 392 g/mol. The lowest BCUT2D eigenvalue weighted by Gasteiger charge is -2.30. The molecule has 27 heavy (non-hydrogen) atoms. The van der Waals surface area contributed by atoms with Crippen LogP contribution in [0.5, 0.6) is 0 Å². The number of nitrogens with zero attached hydrogens (tertiary/aromatic N) is 6. The van der Waals surface area contributed by atoms with E-state index in [9.17, 15) is 4.55 Å². The molecule has 11 heteroatoms. The van der Waals surface area contributed by atoms with Crippen LogP contribution in [0.4, 0.5) is 11.6 Å². The fourth-order valence-electron chi connectivity index (χ4n) is 2.92. The molecule has 0 atom stereocenters. The molecule has 0 aromatic carbocycles. The lowest BCUT2D eigenvalue weighted by atomic mass is 10.3. The van der Waals surface area contributed by atoms with Gasteiger partial charge in [-0.3, -0.25) is 0 Å². The van der Waals surface area contributed by atoms with E-state index in [-0.39, 0.29) is 5.28 Å². The Morgan fingerprint density at radius 2 is 1.78 bits per heavy atom. The van der Waals surface area contributed by atoms with Crippen molar-refractivity contribution in [2.75, 3.05) is 74.9 Å². The van der Waals surface area contributed by atoms with Gasteiger partial charge in [-0.05, 0) is 11.6 Å². The Bertz CT molecular complexity index is 754. The Hall–Kier alpha value is -1.46. The van der Waals surface area contributed by atoms with Crippen molar-refractivity contribution in [1.29, 1.82) is 0 Å². The van der Waals surface area contributed by atoms with E-state index in [1.807, 2.05) is 4.90 Å². The highest BCUT2D eigenvalue weighted by Gasteiger charge is 2.25. The number of hydrogen-bond acceptors (Lipinski definition) is 9. The van der Waals surface area contributed by atoms with E-state index in [2.05, 4.69) is 24.8 Å². The number of methoxy groups -OCH3 is 2. The van der Waals surface area contributed by atoms with Gasteiger partial charge in [0.25, 0.3) is 0 Å². The molecule has 0 aliphatic carbocycles. The van der Waals surface area contributed by atoms with Crippen LogP contribution in [0.25, 0.3) is 11.0 Å². The normalized spacial score (nSPS) is 15.5. The number of halogens is 1. The average Bonchev–Trinajstić information content (AvgIpc) is 2.68. The molecule has 2 aromatic rings. The van der Waals surface area contributed by atoms with Crippen LogP contribution in [0.2, 0.25) is 5.28 Å². The molecule has 0 spiro atoms. The molecule has 9 nitrogen and oxygen atoms in total. The standard InChI is InChI=1S/C16H23ClN6O3S/c1-25-7-3-22(4-8-26-2)14-13-12(18-11-19-14)15(21-16(17)20-13)23-5-9-27(24)10-6-23/h11H,3-10H2,1-2H3. The molecule has 1 saturated heterocycles. The second kappa shape index (κ2) is 9.65. The van der Waals surface area contributed by atoms with Crippen molar-refractivity contribution in [3.8, 4) is 0 Å². The summed E-state index contributed by atoms with van der Waals surface area (Å²) in [6, 6.07) is 0. The van der Waals surface area contributed by atoms with Crippen LogP contribution >= 0.6 is 11.6 Å². The molecule has 3 heterocycles. The number of rotatable bonds is 8. The molecule has 3 rings (SSSR count). The molecular formula is C16H23ClN6O3S. The van der Waals surface area contributed by atoms with Gasteiger partial charge >= 0.3 is 0 Å². The fourth-order valence-corrected chi connectivity index (χ4v) is 4.14. The average molecular weight is 415 g/mol. The topological polar surface area (TPSA) is 99.6 Å². The van der Waals surface area contributed by atoms with Gasteiger partial charge in [-0.2, -0.15) is 4.98 Å². The maximum absolute atomic E-state index is 11.7. The van der Waals surface area contributed by atoms with Crippen molar-refractivity contribution >= 4 is 45.4 Å². The van der Waals surface area contributed by atoms with Crippen LogP contribution < -0.4 is 9.80 Å². The van der Waals surface area contributed by atoms with Gasteiger partial charge < -0.3 is 23.8 Å². The smallest absolute Gasteiger partial charge is 0.225 e. The molecule has 0 saturated carbocycles. The maximum atomic E-state index is 11.7. The highest BCUT2D eigenvalue weighted by molar-refractivity contribution is 7.91. The highest BCUT2D eigenvalue weighted by atomic mass is 35.5. The molecule has 0 amide bonds. The summed E-state index contributed by atoms with van der Waals surface area (Å²) in [5.74, 6) is 2.54. The van der Waals surface area contributed by atoms with Crippen LogP contribution in [-0.2, 0) is 20.6 Å². The fraction of sp³-hybridized carbons (Fsp3) is 0.625. The van der Waals surface area contributed by atoms with E-state index in [0.29, 0.717) is 73.6 Å². The van der Waals surface area contributed by atoms with Gasteiger partial charge in [0.15, 0.2) is 11.6 Å². The molecule has 2 aromatic heterocycles. The largest absolute Gasteiger partial charge is 0.616 e. The third kappa shape index (κ3) is 4.88. The van der Waals surface area contributed by atoms with Crippen LogP contribution in [-0.4, -0.2) is 89.6 Å². The molecule has 1 aliphatic heterocycles. The minimum absolute atomic E-state index is 0.138. The minimum atomic E-state index is -0.780. The predicted octanol–water partition coefficient (Wildman–Crippen LogP) is 0.741. The monoisotopic (exact) mass is 414 g/mol. The molecule has 0 unspecified atom stereocenters. The second-order valence-electron chi connectivity index (χ2n) is 6.02. The Labute approximate surface area is 166 Å². The third-order valence-electron chi connectivity index (χ3n) is 4.32. The molecule has 0 bridgehead atoms. The zero-order valence-electron chi connectivity index (χ0n) is 15.4. The summed E-state index contributed by atoms with van der Waals surface area (Å²) >= 11 is 5.44. The summed E-state index contributed by atoms with van der Waals surface area (Å²) in [4.78, 5) is 21.8. The van der Waals surface area contributed by atoms with Gasteiger partial charge in [0.2, 0.25) is 5.28 Å². The van der Waals surface area contributed by atoms with E-state index in [1.165, 1.54) is 6.33 Å². The first-order valence-electron chi connectivity index (χ1n) is 8.65. The number of fused-ring (bicyclic) bond motifs is 1. The van der Waals surface area contributed by atoms with Gasteiger partial charge in [0, 0.05) is 27.3 Å². The van der Waals surface area contributed by atoms with Crippen molar-refractivity contribution < 1.29 is 14.0 Å². The maximum Gasteiger partial charge on any atom is 0.225 e. The Balaban J connectivity index is 2.01. The van der Waals surface area contributed by atoms with Gasteiger partial charge in [0.05, 0.1) is 26.3 Å². The minimum Gasteiger partial charge on any atom is -0.616 e. The van der Waals surface area contributed by atoms with E-state index < -0.39 is 11.2 Å². The van der Waals surface area contributed by atoms with Gasteiger partial charge in [-0.1, -0.05) is 11.2 Å². The van der Waals surface area contributed by atoms with Crippen molar-refractivity contribution in [1.82, 2.24) is 19.9 Å². The molecule has 148 valence electrons. The van der Waals surface area contributed by atoms with Gasteiger partial charge in [-0.25, -0.2) is 15.0 Å². The third-order valence-corrected chi connectivity index (χ3v) is 5.77. The van der Waals surface area contributed by atoms with Crippen molar-refractivity contribution in [2.24, 2.45) is 0 Å². The molecule has 0 radical (unpaired) electrons. The summed E-state index contributed by atoms with van der Waals surface area (Å²) in [6.07, 6.45) is 1.51. The van der Waals surface area contributed by atoms with Gasteiger partial charge in [0.1, 0.15) is 28.9 Å². The van der Waals surface area contributed by atoms with Crippen LogP contribution in [0.1, 0.15) is 0 Å². The molecule has 0 N–H and O–H groups in total. The SMILES string of the molecule is COCCN(CCOC)c1ncnc2c(N3CC[S+]([O-])CC3)nc(Cl)nc12. The molecule has 1 aliphatic rings. The van der Waals surface area contributed by atoms with Crippen molar-refractivity contribution in [3.05, 3.63) is 11.6 Å². The van der Waals surface area contributed by atoms with E-state index >= 15 is 0 Å². The van der Waals surface area contributed by atoms with Crippen molar-refractivity contribution in [2.45, 2.75) is 0 Å². The Morgan fingerprint density at radius 1 is 1.11 bits per heavy atom. The lowest BCUT2D eigenvalue weighted by molar-refractivity contribution is 0.190. The van der Waals surface area contributed by atoms with E-state index in [1.54, 1.807) is 14.2 Å². The van der Waals surface area contributed by atoms with Crippen molar-refractivity contribution in [3.63, 3.8) is 0 Å². The number of ether oxygens (including phenoxy) is 2. The predicted molar refractivity (Wildman–Crippen MR) is 106 cm³/mol. The van der Waals surface area contributed by atoms with E-state index in [0.717, 1.165) is 0 Å². The zero-order valence-corrected chi connectivity index (χ0v) is 17.0. The first kappa shape index (κ1) is 20.3. The summed E-state index contributed by atoms with van der Waals surface area (Å²) in [7, 11) is 3.31. The number of anilines is 2. The zero-order chi connectivity index (χ0) is 19.2. The van der Waals surface area contributed by atoms with Gasteiger partial charge in [-0.15, -0.1) is 0 Å². The van der Waals surface area contributed by atoms with Crippen LogP contribution in [0.15, 0.2) is 6.33 Å². The first-order valence-corrected chi connectivity index (χ1v) is 10.5. The Morgan fingerprint density at radius 3 is 2.41 bits per heavy atom. The summed E-state index contributed by atoms with van der Waals surface area (Å²) in [5.41, 5.74) is 1.23. The summed E-state index contributed by atoms with van der Waals surface area (Å²) < 4.78 is 22.1. The first-order chi connectivity index (χ1) is 13.1. The van der Waals surface area contributed by atoms with E-state index in [4.69, 9.17) is 21.1 Å². The second-order valence-corrected chi connectivity index (χ2v) is 8.05.